The Bertz CT molecular complexity index is 591. The van der Waals surface area contributed by atoms with Crippen molar-refractivity contribution in [3.05, 3.63) is 28.3 Å². The van der Waals surface area contributed by atoms with Crippen molar-refractivity contribution in [1.82, 2.24) is 4.90 Å². The van der Waals surface area contributed by atoms with Crippen LogP contribution in [0.15, 0.2) is 18.2 Å². The molecule has 126 valence electrons. The highest BCUT2D eigenvalue weighted by molar-refractivity contribution is 5.96. The van der Waals surface area contributed by atoms with Gasteiger partial charge < -0.3 is 10.1 Å². The van der Waals surface area contributed by atoms with E-state index in [4.69, 9.17) is 4.74 Å². The van der Waals surface area contributed by atoms with E-state index < -0.39 is 4.92 Å². The van der Waals surface area contributed by atoms with Gasteiger partial charge in [0, 0.05) is 12.6 Å². The van der Waals surface area contributed by atoms with Crippen molar-refractivity contribution < 1.29 is 14.5 Å². The van der Waals surface area contributed by atoms with Gasteiger partial charge in [0.25, 0.3) is 5.69 Å². The van der Waals surface area contributed by atoms with Crippen LogP contribution in [-0.4, -0.2) is 42.0 Å². The number of nitro groups is 1. The molecule has 1 heterocycles. The summed E-state index contributed by atoms with van der Waals surface area (Å²) in [6.45, 7) is 5.89. The minimum absolute atomic E-state index is 0.0715. The third-order valence-corrected chi connectivity index (χ3v) is 4.27. The number of piperidine rings is 1. The summed E-state index contributed by atoms with van der Waals surface area (Å²) >= 11 is 0. The van der Waals surface area contributed by atoms with E-state index in [2.05, 4.69) is 17.1 Å². The van der Waals surface area contributed by atoms with Gasteiger partial charge in [0.2, 0.25) is 5.91 Å². The summed E-state index contributed by atoms with van der Waals surface area (Å²) < 4.78 is 5.15. The van der Waals surface area contributed by atoms with Crippen LogP contribution in [-0.2, 0) is 4.79 Å². The Kier molecular flexibility index (Phi) is 5.54. The number of methoxy groups -OCH3 is 1. The lowest BCUT2D eigenvalue weighted by Crippen LogP contribution is -2.46. The van der Waals surface area contributed by atoms with Crippen LogP contribution in [0.5, 0.6) is 5.75 Å². The molecule has 1 fully saturated rings. The zero-order chi connectivity index (χ0) is 17.0. The Labute approximate surface area is 135 Å². The molecule has 1 aliphatic heterocycles. The number of anilines is 1. The van der Waals surface area contributed by atoms with Crippen molar-refractivity contribution in [3.63, 3.8) is 0 Å². The molecule has 0 bridgehead atoms. The molecule has 1 saturated heterocycles. The summed E-state index contributed by atoms with van der Waals surface area (Å²) in [6, 6.07) is 3.91. The molecule has 1 N–H and O–H groups in total. The van der Waals surface area contributed by atoms with E-state index >= 15 is 0 Å². The molecule has 23 heavy (non-hydrogen) atoms. The van der Waals surface area contributed by atoms with E-state index in [-0.39, 0.29) is 23.4 Å². The van der Waals surface area contributed by atoms with E-state index in [1.54, 1.807) is 0 Å². The highest BCUT2D eigenvalue weighted by atomic mass is 16.6. The molecular weight excluding hydrogens is 298 g/mol. The average Bonchev–Trinajstić information content (AvgIpc) is 2.54. The molecule has 7 heteroatoms. The minimum atomic E-state index is -0.494. The number of rotatable bonds is 5. The summed E-state index contributed by atoms with van der Waals surface area (Å²) in [6.07, 6.45) is 2.29. The highest BCUT2D eigenvalue weighted by Gasteiger charge is 2.26. The first-order chi connectivity index (χ1) is 10.9. The molecule has 1 aromatic rings. The van der Waals surface area contributed by atoms with Crippen LogP contribution >= 0.6 is 0 Å². The monoisotopic (exact) mass is 321 g/mol. The number of ether oxygens (including phenoxy) is 1. The Morgan fingerprint density at radius 1 is 1.52 bits per heavy atom. The molecule has 0 unspecified atom stereocenters. The first kappa shape index (κ1) is 17.2. The molecule has 1 amide bonds. The van der Waals surface area contributed by atoms with Crippen molar-refractivity contribution in [1.29, 1.82) is 0 Å². The zero-order valence-electron chi connectivity index (χ0n) is 13.7. The van der Waals surface area contributed by atoms with Crippen molar-refractivity contribution in [3.8, 4) is 5.75 Å². The normalized spacial score (nSPS) is 19.9. The largest absolute Gasteiger partial charge is 0.494 e. The molecule has 0 aromatic heterocycles. The number of nitrogens with zero attached hydrogens (tertiary/aromatic N) is 2. The first-order valence-corrected chi connectivity index (χ1v) is 7.79. The van der Waals surface area contributed by atoms with Gasteiger partial charge in [-0.2, -0.15) is 0 Å². The van der Waals surface area contributed by atoms with Gasteiger partial charge in [0.05, 0.1) is 29.8 Å². The standard InChI is InChI=1S/C16H23N3O4/c1-11-5-4-8-18(10-11)12(2)16(20)17-14-7-6-13(19(21)22)9-15(14)23-3/h6-7,9,11-12H,4-5,8,10H2,1-3H3,(H,17,20)/t11-,12-/m0/s1. The van der Waals surface area contributed by atoms with Crippen LogP contribution in [0.3, 0.4) is 0 Å². The third-order valence-electron chi connectivity index (χ3n) is 4.27. The Hall–Kier alpha value is -2.15. The maximum atomic E-state index is 12.5. The number of nitrogens with one attached hydrogen (secondary N) is 1. The Morgan fingerprint density at radius 3 is 2.87 bits per heavy atom. The van der Waals surface area contributed by atoms with Gasteiger partial charge in [0.15, 0.2) is 0 Å². The van der Waals surface area contributed by atoms with Crippen LogP contribution in [0, 0.1) is 16.0 Å². The van der Waals surface area contributed by atoms with Gasteiger partial charge >= 0.3 is 0 Å². The summed E-state index contributed by atoms with van der Waals surface area (Å²) in [7, 11) is 1.42. The molecule has 0 spiro atoms. The van der Waals surface area contributed by atoms with Gasteiger partial charge in [0.1, 0.15) is 5.75 Å². The lowest BCUT2D eigenvalue weighted by atomic mass is 9.99. The van der Waals surface area contributed by atoms with Gasteiger partial charge in [-0.1, -0.05) is 6.92 Å². The lowest BCUT2D eigenvalue weighted by Gasteiger charge is -2.34. The van der Waals surface area contributed by atoms with Gasteiger partial charge in [-0.25, -0.2) is 0 Å². The summed E-state index contributed by atoms with van der Waals surface area (Å²) in [5.74, 6) is 0.742. The fourth-order valence-electron chi connectivity index (χ4n) is 2.88. The van der Waals surface area contributed by atoms with E-state index in [1.807, 2.05) is 6.92 Å². The molecule has 1 aromatic carbocycles. The van der Waals surface area contributed by atoms with Crippen molar-refractivity contribution in [2.45, 2.75) is 32.7 Å². The number of hydrogen-bond acceptors (Lipinski definition) is 5. The average molecular weight is 321 g/mol. The van der Waals surface area contributed by atoms with E-state index in [1.165, 1.54) is 31.7 Å². The Balaban J connectivity index is 2.08. The smallest absolute Gasteiger partial charge is 0.273 e. The number of carbonyl (C=O) groups excluding carboxylic acids is 1. The van der Waals surface area contributed by atoms with E-state index in [9.17, 15) is 14.9 Å². The van der Waals surface area contributed by atoms with Crippen LogP contribution in [0.4, 0.5) is 11.4 Å². The molecule has 0 saturated carbocycles. The van der Waals surface area contributed by atoms with Crippen LogP contribution in [0.1, 0.15) is 26.7 Å². The summed E-state index contributed by atoms with van der Waals surface area (Å²) in [5.41, 5.74) is 0.373. The second kappa shape index (κ2) is 7.41. The number of amides is 1. The summed E-state index contributed by atoms with van der Waals surface area (Å²) in [5, 5.41) is 13.6. The maximum absolute atomic E-state index is 12.5. The second-order valence-corrected chi connectivity index (χ2v) is 6.05. The first-order valence-electron chi connectivity index (χ1n) is 7.79. The van der Waals surface area contributed by atoms with Gasteiger partial charge in [-0.05, 0) is 38.3 Å². The van der Waals surface area contributed by atoms with Crippen molar-refractivity contribution in [2.75, 3.05) is 25.5 Å². The highest BCUT2D eigenvalue weighted by Crippen LogP contribution is 2.29. The number of non-ortho nitro benzene ring substituents is 1. The third kappa shape index (κ3) is 4.19. The van der Waals surface area contributed by atoms with E-state index in [0.717, 1.165) is 19.5 Å². The molecule has 7 nitrogen and oxygen atoms in total. The van der Waals surface area contributed by atoms with Gasteiger partial charge in [-0.3, -0.25) is 19.8 Å². The van der Waals surface area contributed by atoms with Crippen molar-refractivity contribution >= 4 is 17.3 Å². The topological polar surface area (TPSA) is 84.7 Å². The number of benzene rings is 1. The number of likely N-dealkylation sites (tertiary alicyclic amines) is 1. The molecule has 1 aliphatic rings. The quantitative estimate of drug-likeness (QED) is 0.666. The fourth-order valence-corrected chi connectivity index (χ4v) is 2.88. The zero-order valence-corrected chi connectivity index (χ0v) is 13.7. The molecule has 0 radical (unpaired) electrons. The molecule has 2 atom stereocenters. The predicted molar refractivity (Wildman–Crippen MR) is 87.7 cm³/mol. The minimum Gasteiger partial charge on any atom is -0.494 e. The fraction of sp³-hybridized carbons (Fsp3) is 0.562. The molecule has 0 aliphatic carbocycles. The van der Waals surface area contributed by atoms with Crippen molar-refractivity contribution in [2.24, 2.45) is 5.92 Å². The van der Waals surface area contributed by atoms with Crippen LogP contribution in [0.25, 0.3) is 0 Å². The lowest BCUT2D eigenvalue weighted by molar-refractivity contribution is -0.384. The van der Waals surface area contributed by atoms with Crippen LogP contribution < -0.4 is 10.1 Å². The van der Waals surface area contributed by atoms with Crippen LogP contribution in [0.2, 0.25) is 0 Å². The number of hydrogen-bond donors (Lipinski definition) is 1. The Morgan fingerprint density at radius 2 is 2.26 bits per heavy atom. The number of carbonyl (C=O) groups is 1. The molecule has 2 rings (SSSR count). The predicted octanol–water partition coefficient (Wildman–Crippen LogP) is 2.66. The maximum Gasteiger partial charge on any atom is 0.273 e. The van der Waals surface area contributed by atoms with E-state index in [0.29, 0.717) is 11.6 Å². The molecular formula is C16H23N3O4. The number of nitro benzene ring substituents is 1. The summed E-state index contributed by atoms with van der Waals surface area (Å²) in [4.78, 5) is 24.9. The van der Waals surface area contributed by atoms with Gasteiger partial charge in [-0.15, -0.1) is 0 Å². The SMILES string of the molecule is COc1cc([N+](=O)[O-])ccc1NC(=O)[C@H](C)N1CCC[C@H](C)C1. The second-order valence-electron chi connectivity index (χ2n) is 6.05.